The van der Waals surface area contributed by atoms with Crippen LogP contribution >= 0.6 is 11.6 Å². The number of carboxylic acids is 1. The van der Waals surface area contributed by atoms with Gasteiger partial charge in [-0.1, -0.05) is 42.3 Å². The van der Waals surface area contributed by atoms with Crippen molar-refractivity contribution in [2.24, 2.45) is 0 Å². The molecule has 2 aromatic carbocycles. The highest BCUT2D eigenvalue weighted by molar-refractivity contribution is 7.92. The normalized spacial score (nSPS) is 11.8. The first-order valence-corrected chi connectivity index (χ1v) is 12.4. The van der Waals surface area contributed by atoms with Crippen molar-refractivity contribution in [1.29, 1.82) is 0 Å². The van der Waals surface area contributed by atoms with E-state index < -0.39 is 16.0 Å². The Morgan fingerprint density at radius 1 is 1.00 bits per heavy atom. The number of aromatic nitrogens is 1. The molecule has 172 valence electrons. The van der Waals surface area contributed by atoms with E-state index >= 15 is 0 Å². The molecule has 0 amide bonds. The Morgan fingerprint density at radius 2 is 1.76 bits per heavy atom. The summed E-state index contributed by atoms with van der Waals surface area (Å²) in [7, 11) is -3.76. The highest BCUT2D eigenvalue weighted by Gasteiger charge is 2.15. The lowest BCUT2D eigenvalue weighted by molar-refractivity contribution is -0.137. The summed E-state index contributed by atoms with van der Waals surface area (Å²) in [5, 5.41) is 9.24. The summed E-state index contributed by atoms with van der Waals surface area (Å²) in [5.41, 5.74) is 3.15. The number of sulfonamides is 1. The molecule has 3 rings (SSSR count). The molecule has 0 unspecified atom stereocenters. The van der Waals surface area contributed by atoms with E-state index in [9.17, 15) is 13.2 Å². The van der Waals surface area contributed by atoms with Crippen LogP contribution in [-0.4, -0.2) is 24.5 Å². The number of pyridine rings is 1. The second kappa shape index (κ2) is 11.6. The van der Waals surface area contributed by atoms with Crippen molar-refractivity contribution in [1.82, 2.24) is 4.98 Å². The fourth-order valence-electron chi connectivity index (χ4n) is 3.35. The molecule has 1 heterocycles. The zero-order valence-corrected chi connectivity index (χ0v) is 19.5. The van der Waals surface area contributed by atoms with Gasteiger partial charge in [0.15, 0.2) is 0 Å². The van der Waals surface area contributed by atoms with Gasteiger partial charge in [0.25, 0.3) is 10.0 Å². The largest absolute Gasteiger partial charge is 0.481 e. The van der Waals surface area contributed by atoms with Crippen LogP contribution in [0.2, 0.25) is 5.02 Å². The van der Waals surface area contributed by atoms with Crippen LogP contribution in [0, 0.1) is 0 Å². The standard InChI is InChI=1S/C25H25ClN2O4S/c26-21-12-14-23(15-13-21)33(31,32)28-22-9-5-7-19(17-22)24(20-8-6-16-27-18-20)10-3-1-2-4-11-25(29)30/h5-10,12-18,28H,1-4,11H2,(H,29,30)/b24-10+. The van der Waals surface area contributed by atoms with Crippen molar-refractivity contribution in [3.05, 3.63) is 95.3 Å². The number of carboxylic acid groups (broad SMARTS) is 1. The highest BCUT2D eigenvalue weighted by atomic mass is 35.5. The fraction of sp³-hybridized carbons (Fsp3) is 0.200. The van der Waals surface area contributed by atoms with E-state index in [2.05, 4.69) is 15.8 Å². The Hall–Kier alpha value is -3.16. The summed E-state index contributed by atoms with van der Waals surface area (Å²) in [6.45, 7) is 0. The van der Waals surface area contributed by atoms with Gasteiger partial charge in [0, 0.05) is 35.1 Å². The number of rotatable bonds is 11. The molecule has 2 N–H and O–H groups in total. The molecule has 0 bridgehead atoms. The van der Waals surface area contributed by atoms with E-state index in [0.717, 1.165) is 36.0 Å². The molecule has 8 heteroatoms. The van der Waals surface area contributed by atoms with Gasteiger partial charge in [-0.05, 0) is 72.9 Å². The summed E-state index contributed by atoms with van der Waals surface area (Å²) in [5.74, 6) is -0.778. The summed E-state index contributed by atoms with van der Waals surface area (Å²) in [4.78, 5) is 15.0. The molecule has 0 saturated heterocycles. The van der Waals surface area contributed by atoms with Crippen LogP contribution in [0.5, 0.6) is 0 Å². The van der Waals surface area contributed by atoms with E-state index in [0.29, 0.717) is 17.1 Å². The van der Waals surface area contributed by atoms with Gasteiger partial charge in [0.2, 0.25) is 0 Å². The number of nitrogens with zero attached hydrogens (tertiary/aromatic N) is 1. The zero-order valence-electron chi connectivity index (χ0n) is 17.9. The SMILES string of the molecule is O=C(O)CCCCC/C=C(/c1cccnc1)c1cccc(NS(=O)(=O)c2ccc(Cl)cc2)c1. The second-order valence-corrected chi connectivity index (χ2v) is 9.61. The minimum Gasteiger partial charge on any atom is -0.481 e. The topological polar surface area (TPSA) is 96.4 Å². The molecule has 1 aromatic heterocycles. The average Bonchev–Trinajstić information content (AvgIpc) is 2.79. The van der Waals surface area contributed by atoms with Gasteiger partial charge < -0.3 is 5.11 Å². The lowest BCUT2D eigenvalue weighted by Crippen LogP contribution is -2.12. The first kappa shape index (κ1) is 24.5. The molecule has 33 heavy (non-hydrogen) atoms. The van der Waals surface area contributed by atoms with Gasteiger partial charge in [-0.15, -0.1) is 0 Å². The Bertz CT molecular complexity index is 1210. The number of aliphatic carboxylic acids is 1. The predicted molar refractivity (Wildman–Crippen MR) is 131 cm³/mol. The maximum absolute atomic E-state index is 12.8. The third-order valence-electron chi connectivity index (χ3n) is 4.97. The molecule has 0 aliphatic rings. The molecule has 0 aliphatic heterocycles. The van der Waals surface area contributed by atoms with E-state index in [1.54, 1.807) is 30.6 Å². The molecule has 0 aliphatic carbocycles. The van der Waals surface area contributed by atoms with Gasteiger partial charge in [0.1, 0.15) is 0 Å². The highest BCUT2D eigenvalue weighted by Crippen LogP contribution is 2.27. The van der Waals surface area contributed by atoms with Gasteiger partial charge in [-0.25, -0.2) is 8.42 Å². The lowest BCUT2D eigenvalue weighted by atomic mass is 9.97. The Balaban J connectivity index is 1.81. The van der Waals surface area contributed by atoms with Gasteiger partial charge in [0.05, 0.1) is 4.90 Å². The lowest BCUT2D eigenvalue weighted by Gasteiger charge is -2.12. The minimum absolute atomic E-state index is 0.127. The molecule has 0 saturated carbocycles. The number of nitrogens with one attached hydrogen (secondary N) is 1. The van der Waals surface area contributed by atoms with Crippen LogP contribution in [0.1, 0.15) is 43.2 Å². The third kappa shape index (κ3) is 7.44. The van der Waals surface area contributed by atoms with Crippen molar-refractivity contribution in [3.63, 3.8) is 0 Å². The summed E-state index contributed by atoms with van der Waals surface area (Å²) < 4.78 is 28.2. The molecule has 3 aromatic rings. The minimum atomic E-state index is -3.76. The summed E-state index contributed by atoms with van der Waals surface area (Å²) in [6, 6.07) is 17.0. The van der Waals surface area contributed by atoms with Gasteiger partial charge in [-0.3, -0.25) is 14.5 Å². The van der Waals surface area contributed by atoms with E-state index in [-0.39, 0.29) is 11.3 Å². The summed E-state index contributed by atoms with van der Waals surface area (Å²) in [6.07, 6.45) is 8.83. The molecule has 0 fully saturated rings. The maximum Gasteiger partial charge on any atom is 0.303 e. The third-order valence-corrected chi connectivity index (χ3v) is 6.61. The average molecular weight is 485 g/mol. The molecule has 0 spiro atoms. The van der Waals surface area contributed by atoms with Crippen molar-refractivity contribution in [2.75, 3.05) is 4.72 Å². The Kier molecular flexibility index (Phi) is 8.63. The Morgan fingerprint density at radius 3 is 2.45 bits per heavy atom. The van der Waals surface area contributed by atoms with Crippen molar-refractivity contribution in [2.45, 2.75) is 37.0 Å². The number of halogens is 1. The van der Waals surface area contributed by atoms with Crippen LogP contribution in [0.3, 0.4) is 0 Å². The molecule has 6 nitrogen and oxygen atoms in total. The fourth-order valence-corrected chi connectivity index (χ4v) is 4.52. The number of hydrogen-bond acceptors (Lipinski definition) is 4. The second-order valence-electron chi connectivity index (χ2n) is 7.49. The van der Waals surface area contributed by atoms with Crippen molar-refractivity contribution in [3.8, 4) is 0 Å². The van der Waals surface area contributed by atoms with Crippen LogP contribution in [0.4, 0.5) is 5.69 Å². The number of hydrogen-bond donors (Lipinski definition) is 2. The number of unbranched alkanes of at least 4 members (excludes halogenated alkanes) is 3. The van der Waals surface area contributed by atoms with E-state index in [1.165, 1.54) is 24.3 Å². The van der Waals surface area contributed by atoms with E-state index in [4.69, 9.17) is 16.7 Å². The number of allylic oxidation sites excluding steroid dienone is 1. The first-order valence-electron chi connectivity index (χ1n) is 10.6. The molecular formula is C25H25ClN2O4S. The van der Waals surface area contributed by atoms with Crippen molar-refractivity contribution >= 4 is 38.9 Å². The van der Waals surface area contributed by atoms with Crippen LogP contribution in [0.15, 0.2) is 84.0 Å². The summed E-state index contributed by atoms with van der Waals surface area (Å²) >= 11 is 5.87. The van der Waals surface area contributed by atoms with Crippen molar-refractivity contribution < 1.29 is 18.3 Å². The number of benzene rings is 2. The molecule has 0 radical (unpaired) electrons. The molecule has 0 atom stereocenters. The quantitative estimate of drug-likeness (QED) is 0.325. The molecular weight excluding hydrogens is 460 g/mol. The zero-order chi connectivity index (χ0) is 23.7. The smallest absolute Gasteiger partial charge is 0.303 e. The predicted octanol–water partition coefficient (Wildman–Crippen LogP) is 6.00. The number of anilines is 1. The van der Waals surface area contributed by atoms with Gasteiger partial charge in [-0.2, -0.15) is 0 Å². The van der Waals surface area contributed by atoms with E-state index in [1.807, 2.05) is 18.2 Å². The maximum atomic E-state index is 12.8. The van der Waals surface area contributed by atoms with Crippen LogP contribution < -0.4 is 4.72 Å². The van der Waals surface area contributed by atoms with Crippen LogP contribution in [0.25, 0.3) is 5.57 Å². The number of carbonyl (C=O) groups is 1. The Labute approximate surface area is 199 Å². The van der Waals surface area contributed by atoms with Gasteiger partial charge >= 0.3 is 5.97 Å². The first-order chi connectivity index (χ1) is 15.8. The monoisotopic (exact) mass is 484 g/mol. The van der Waals surface area contributed by atoms with Crippen LogP contribution in [-0.2, 0) is 14.8 Å².